The molecule has 6 nitrogen and oxygen atoms in total. The smallest absolute Gasteiger partial charge is 0.211 e. The highest BCUT2D eigenvalue weighted by Gasteiger charge is 2.37. The fraction of sp³-hybridized carbons (Fsp3) is 0.652. The number of nitrogens with one attached hydrogen (secondary N) is 1. The van der Waals surface area contributed by atoms with Gasteiger partial charge in [-0.1, -0.05) is 6.07 Å². The number of aromatic amines is 1. The number of aryl methyl sites for hydroxylation is 1. The van der Waals surface area contributed by atoms with Crippen molar-refractivity contribution in [3.63, 3.8) is 0 Å². The van der Waals surface area contributed by atoms with Crippen LogP contribution in [0.3, 0.4) is 0 Å². The van der Waals surface area contributed by atoms with Gasteiger partial charge in [-0.15, -0.1) is 0 Å². The van der Waals surface area contributed by atoms with Gasteiger partial charge in [-0.05, 0) is 82.2 Å². The van der Waals surface area contributed by atoms with Crippen molar-refractivity contribution in [2.75, 3.05) is 25.9 Å². The van der Waals surface area contributed by atoms with E-state index in [2.05, 4.69) is 34.3 Å². The summed E-state index contributed by atoms with van der Waals surface area (Å²) in [6, 6.07) is 7.36. The molecule has 4 rings (SSSR count). The number of fused-ring (bicyclic) bond motifs is 1. The lowest BCUT2D eigenvalue weighted by Gasteiger charge is -2.30. The molecule has 1 aromatic heterocycles. The lowest BCUT2D eigenvalue weighted by atomic mass is 9.96. The van der Waals surface area contributed by atoms with E-state index in [1.165, 1.54) is 35.6 Å². The molecule has 0 spiro atoms. The number of aliphatic hydroxyl groups is 1. The summed E-state index contributed by atoms with van der Waals surface area (Å²) in [4.78, 5) is 5.98. The Labute approximate surface area is 180 Å². The Morgan fingerprint density at radius 1 is 1.23 bits per heavy atom. The second kappa shape index (κ2) is 8.26. The molecule has 0 saturated carbocycles. The first kappa shape index (κ1) is 21.8. The molecule has 0 amide bonds. The molecule has 0 radical (unpaired) electrons. The molecule has 1 aromatic carbocycles. The molecule has 2 fully saturated rings. The molecular weight excluding hydrogens is 398 g/mol. The zero-order chi connectivity index (χ0) is 21.5. The van der Waals surface area contributed by atoms with E-state index in [4.69, 9.17) is 0 Å². The Bertz CT molecular complexity index is 993. The molecule has 166 valence electrons. The first-order chi connectivity index (χ1) is 14.1. The van der Waals surface area contributed by atoms with Gasteiger partial charge in [0.2, 0.25) is 10.0 Å². The van der Waals surface area contributed by atoms with E-state index in [1.807, 2.05) is 13.8 Å². The van der Waals surface area contributed by atoms with E-state index >= 15 is 0 Å². The van der Waals surface area contributed by atoms with Gasteiger partial charge >= 0.3 is 0 Å². The van der Waals surface area contributed by atoms with Gasteiger partial charge in [-0.2, -0.15) is 0 Å². The Kier molecular flexibility index (Phi) is 6.01. The molecular formula is C23H35N3O3S. The van der Waals surface area contributed by atoms with Gasteiger partial charge in [-0.25, -0.2) is 12.7 Å². The fourth-order valence-electron chi connectivity index (χ4n) is 5.09. The second-order valence-corrected chi connectivity index (χ2v) is 11.8. The van der Waals surface area contributed by atoms with Crippen LogP contribution in [0.25, 0.3) is 10.9 Å². The molecule has 7 heteroatoms. The summed E-state index contributed by atoms with van der Waals surface area (Å²) in [5.41, 5.74) is 3.10. The standard InChI is InChI=1S/C23H35N3O3S/c1-23(2,27)10-8-17-6-7-22-21(13-17)18(15-24-22)14-19-5-4-11-26(19)20-9-12-25(16-20)30(3,28)29/h6-7,13,15,19-20,24,27H,4-5,8-12,14,16H2,1-3H3/t19-,20?/m1/s1. The van der Waals surface area contributed by atoms with E-state index in [0.717, 1.165) is 37.7 Å². The van der Waals surface area contributed by atoms with E-state index in [0.29, 0.717) is 25.2 Å². The van der Waals surface area contributed by atoms with Crippen LogP contribution in [-0.2, 0) is 22.9 Å². The van der Waals surface area contributed by atoms with Crippen LogP contribution in [0.1, 0.15) is 50.7 Å². The van der Waals surface area contributed by atoms with Crippen LogP contribution in [0, 0.1) is 0 Å². The fourth-order valence-corrected chi connectivity index (χ4v) is 5.97. The highest BCUT2D eigenvalue weighted by molar-refractivity contribution is 7.88. The van der Waals surface area contributed by atoms with Crippen LogP contribution < -0.4 is 0 Å². The minimum atomic E-state index is -3.10. The van der Waals surface area contributed by atoms with Gasteiger partial charge in [0, 0.05) is 42.3 Å². The third-order valence-electron chi connectivity index (χ3n) is 6.80. The number of hydrogen-bond donors (Lipinski definition) is 2. The second-order valence-electron chi connectivity index (χ2n) is 9.81. The molecule has 2 atom stereocenters. The van der Waals surface area contributed by atoms with Crippen molar-refractivity contribution in [1.29, 1.82) is 0 Å². The predicted molar refractivity (Wildman–Crippen MR) is 121 cm³/mol. The average molecular weight is 434 g/mol. The lowest BCUT2D eigenvalue weighted by molar-refractivity contribution is 0.0714. The Hall–Kier alpha value is -1.41. The number of likely N-dealkylation sites (tertiary alicyclic amines) is 1. The number of benzene rings is 1. The van der Waals surface area contributed by atoms with Crippen LogP contribution in [0.15, 0.2) is 24.4 Å². The largest absolute Gasteiger partial charge is 0.390 e. The first-order valence-corrected chi connectivity index (χ1v) is 13.0. The van der Waals surface area contributed by atoms with Crippen LogP contribution in [0.5, 0.6) is 0 Å². The maximum absolute atomic E-state index is 11.9. The molecule has 0 aliphatic carbocycles. The van der Waals surface area contributed by atoms with Crippen LogP contribution >= 0.6 is 0 Å². The highest BCUT2D eigenvalue weighted by atomic mass is 32.2. The van der Waals surface area contributed by atoms with Crippen molar-refractivity contribution in [3.05, 3.63) is 35.5 Å². The maximum atomic E-state index is 11.9. The number of nitrogens with zero attached hydrogens (tertiary/aromatic N) is 2. The van der Waals surface area contributed by atoms with E-state index in [1.54, 1.807) is 4.31 Å². The average Bonchev–Trinajstić information content (AvgIpc) is 3.38. The summed E-state index contributed by atoms with van der Waals surface area (Å²) in [7, 11) is -3.10. The third-order valence-corrected chi connectivity index (χ3v) is 8.07. The van der Waals surface area contributed by atoms with Crippen molar-refractivity contribution in [3.8, 4) is 0 Å². The maximum Gasteiger partial charge on any atom is 0.211 e. The number of sulfonamides is 1. The van der Waals surface area contributed by atoms with E-state index < -0.39 is 15.6 Å². The zero-order valence-electron chi connectivity index (χ0n) is 18.4. The Morgan fingerprint density at radius 2 is 2.03 bits per heavy atom. The normalized spacial score (nSPS) is 24.3. The molecule has 30 heavy (non-hydrogen) atoms. The molecule has 2 aliphatic heterocycles. The van der Waals surface area contributed by atoms with Gasteiger partial charge in [0.15, 0.2) is 0 Å². The highest BCUT2D eigenvalue weighted by Crippen LogP contribution is 2.31. The summed E-state index contributed by atoms with van der Waals surface area (Å²) in [5.74, 6) is 0. The third kappa shape index (κ3) is 4.90. The molecule has 2 saturated heterocycles. The van der Waals surface area contributed by atoms with Gasteiger partial charge in [0.1, 0.15) is 0 Å². The molecule has 2 aromatic rings. The van der Waals surface area contributed by atoms with Crippen LogP contribution in [-0.4, -0.2) is 71.3 Å². The predicted octanol–water partition coefficient (Wildman–Crippen LogP) is 2.91. The molecule has 3 heterocycles. The van der Waals surface area contributed by atoms with Crippen molar-refractivity contribution in [2.24, 2.45) is 0 Å². The molecule has 2 aliphatic rings. The number of H-pyrrole nitrogens is 1. The van der Waals surface area contributed by atoms with Crippen molar-refractivity contribution in [2.45, 2.75) is 70.1 Å². The van der Waals surface area contributed by atoms with Gasteiger partial charge in [0.05, 0.1) is 11.9 Å². The molecule has 0 bridgehead atoms. The number of rotatable bonds is 7. The quantitative estimate of drug-likeness (QED) is 0.704. The van der Waals surface area contributed by atoms with Crippen molar-refractivity contribution < 1.29 is 13.5 Å². The van der Waals surface area contributed by atoms with E-state index in [-0.39, 0.29) is 0 Å². The minimum Gasteiger partial charge on any atom is -0.390 e. The first-order valence-electron chi connectivity index (χ1n) is 11.1. The minimum absolute atomic E-state index is 0.333. The summed E-state index contributed by atoms with van der Waals surface area (Å²) >= 11 is 0. The SMILES string of the molecule is CC(C)(O)CCc1ccc2[nH]cc(C[C@H]3CCCN3C3CCN(S(C)(=O)=O)C3)c2c1. The Morgan fingerprint density at radius 3 is 2.73 bits per heavy atom. The van der Waals surface area contributed by atoms with Gasteiger partial charge in [-0.3, -0.25) is 4.90 Å². The van der Waals surface area contributed by atoms with E-state index in [9.17, 15) is 13.5 Å². The van der Waals surface area contributed by atoms with Crippen molar-refractivity contribution >= 4 is 20.9 Å². The van der Waals surface area contributed by atoms with Crippen LogP contribution in [0.2, 0.25) is 0 Å². The van der Waals surface area contributed by atoms with Crippen LogP contribution in [0.4, 0.5) is 0 Å². The zero-order valence-corrected chi connectivity index (χ0v) is 19.2. The van der Waals surface area contributed by atoms with Gasteiger partial charge < -0.3 is 10.1 Å². The lowest BCUT2D eigenvalue weighted by Crippen LogP contribution is -2.42. The summed E-state index contributed by atoms with van der Waals surface area (Å²) < 4.78 is 25.5. The van der Waals surface area contributed by atoms with Gasteiger partial charge in [0.25, 0.3) is 0 Å². The summed E-state index contributed by atoms with van der Waals surface area (Å²) in [6.45, 7) is 6.05. The topological polar surface area (TPSA) is 76.6 Å². The number of hydrogen-bond acceptors (Lipinski definition) is 4. The Balaban J connectivity index is 1.48. The summed E-state index contributed by atoms with van der Waals surface area (Å²) in [6.07, 6.45) is 9.33. The monoisotopic (exact) mass is 433 g/mol. The molecule has 2 N–H and O–H groups in total. The van der Waals surface area contributed by atoms with Crippen molar-refractivity contribution in [1.82, 2.24) is 14.2 Å². The number of aromatic nitrogens is 1. The molecule has 1 unspecified atom stereocenters. The summed E-state index contributed by atoms with van der Waals surface area (Å²) in [5, 5.41) is 11.3.